The Hall–Kier alpha value is -3.10. The van der Waals surface area contributed by atoms with Gasteiger partial charge in [-0.1, -0.05) is 32.4 Å². The summed E-state index contributed by atoms with van der Waals surface area (Å²) in [7, 11) is 0. The number of carbonyl (C=O) groups is 4. The number of para-hydroxylation sites is 2. The lowest BCUT2D eigenvalue weighted by atomic mass is 9.98. The van der Waals surface area contributed by atoms with E-state index in [1.807, 2.05) is 6.92 Å². The highest BCUT2D eigenvalue weighted by Crippen LogP contribution is 2.29. The predicted octanol–water partition coefficient (Wildman–Crippen LogP) is 1.16. The number of nitrogens with zero attached hydrogens (tertiary/aromatic N) is 1. The van der Waals surface area contributed by atoms with E-state index >= 15 is 0 Å². The van der Waals surface area contributed by atoms with Crippen LogP contribution < -0.4 is 20.9 Å². The number of anilines is 2. The number of urea groups is 1. The monoisotopic (exact) mass is 376 g/mol. The van der Waals surface area contributed by atoms with Crippen molar-refractivity contribution in [3.63, 3.8) is 0 Å². The number of nitrogens with one attached hydrogen (secondary N) is 3. The molecular formula is C18H24N4O5. The molecule has 4 N–H and O–H groups in total. The highest BCUT2D eigenvalue weighted by atomic mass is 16.4. The Kier molecular flexibility index (Phi) is 6.38. The van der Waals surface area contributed by atoms with E-state index in [9.17, 15) is 19.2 Å². The van der Waals surface area contributed by atoms with Crippen LogP contribution in [-0.2, 0) is 14.4 Å². The van der Waals surface area contributed by atoms with Crippen LogP contribution >= 0.6 is 0 Å². The molecule has 0 spiro atoms. The molecule has 1 aliphatic rings. The van der Waals surface area contributed by atoms with Crippen LogP contribution in [0.2, 0.25) is 0 Å². The van der Waals surface area contributed by atoms with Crippen molar-refractivity contribution >= 4 is 35.2 Å². The molecule has 9 nitrogen and oxygen atoms in total. The smallest absolute Gasteiger partial charge is 0.325 e. The van der Waals surface area contributed by atoms with Crippen LogP contribution in [0, 0.1) is 5.92 Å². The zero-order valence-electron chi connectivity index (χ0n) is 15.5. The summed E-state index contributed by atoms with van der Waals surface area (Å²) in [5.74, 6) is -2.32. The van der Waals surface area contributed by atoms with Crippen molar-refractivity contribution in [3.8, 4) is 0 Å². The first-order valence-electron chi connectivity index (χ1n) is 8.74. The van der Waals surface area contributed by atoms with Crippen LogP contribution in [-0.4, -0.2) is 47.5 Å². The molecule has 0 aromatic heterocycles. The fraction of sp³-hybridized carbons (Fsp3) is 0.444. The summed E-state index contributed by atoms with van der Waals surface area (Å²) >= 11 is 0. The van der Waals surface area contributed by atoms with Gasteiger partial charge >= 0.3 is 12.0 Å². The maximum Gasteiger partial charge on any atom is 0.325 e. The van der Waals surface area contributed by atoms with E-state index in [4.69, 9.17) is 5.11 Å². The van der Waals surface area contributed by atoms with Crippen LogP contribution in [0.3, 0.4) is 0 Å². The second-order valence-corrected chi connectivity index (χ2v) is 6.53. The molecule has 1 aliphatic heterocycles. The molecule has 1 heterocycles. The van der Waals surface area contributed by atoms with Gasteiger partial charge in [-0.3, -0.25) is 19.3 Å². The maximum absolute atomic E-state index is 12.8. The summed E-state index contributed by atoms with van der Waals surface area (Å²) in [6, 6.07) is 4.25. The fourth-order valence-electron chi connectivity index (χ4n) is 2.69. The minimum Gasteiger partial charge on any atom is -0.480 e. The Bertz CT molecular complexity index is 751. The van der Waals surface area contributed by atoms with Gasteiger partial charge in [-0.15, -0.1) is 0 Å². The summed E-state index contributed by atoms with van der Waals surface area (Å²) in [6.07, 6.45) is 0.594. The quantitative estimate of drug-likeness (QED) is 0.592. The van der Waals surface area contributed by atoms with E-state index in [2.05, 4.69) is 16.0 Å². The van der Waals surface area contributed by atoms with E-state index < -0.39 is 30.0 Å². The molecule has 0 saturated carbocycles. The fourth-order valence-corrected chi connectivity index (χ4v) is 2.69. The van der Waals surface area contributed by atoms with Gasteiger partial charge in [0.2, 0.25) is 11.8 Å². The molecule has 2 rings (SSSR count). The Morgan fingerprint density at radius 2 is 1.89 bits per heavy atom. The van der Waals surface area contributed by atoms with Crippen molar-refractivity contribution in [2.75, 3.05) is 16.8 Å². The van der Waals surface area contributed by atoms with Gasteiger partial charge in [0.15, 0.2) is 0 Å². The van der Waals surface area contributed by atoms with Gasteiger partial charge in [0, 0.05) is 0 Å². The highest BCUT2D eigenvalue weighted by Gasteiger charge is 2.32. The molecule has 0 aliphatic carbocycles. The Morgan fingerprint density at radius 3 is 2.52 bits per heavy atom. The average Bonchev–Trinajstić information content (AvgIpc) is 2.64. The van der Waals surface area contributed by atoms with E-state index in [-0.39, 0.29) is 18.4 Å². The van der Waals surface area contributed by atoms with Gasteiger partial charge in [0.05, 0.1) is 11.4 Å². The number of fused-ring (bicyclic) bond motifs is 1. The van der Waals surface area contributed by atoms with Crippen LogP contribution in [0.5, 0.6) is 0 Å². The normalized spacial score (nSPS) is 16.4. The van der Waals surface area contributed by atoms with Gasteiger partial charge in [-0.2, -0.15) is 0 Å². The van der Waals surface area contributed by atoms with Crippen LogP contribution in [0.25, 0.3) is 0 Å². The molecule has 0 saturated heterocycles. The molecule has 0 radical (unpaired) electrons. The van der Waals surface area contributed by atoms with E-state index in [0.29, 0.717) is 17.8 Å². The lowest BCUT2D eigenvalue weighted by Crippen LogP contribution is -2.57. The molecular weight excluding hydrogens is 352 g/mol. The summed E-state index contributed by atoms with van der Waals surface area (Å²) in [4.78, 5) is 49.4. The van der Waals surface area contributed by atoms with E-state index in [1.54, 1.807) is 31.2 Å². The lowest BCUT2D eigenvalue weighted by Gasteiger charge is -2.32. The summed E-state index contributed by atoms with van der Waals surface area (Å²) < 4.78 is 0. The van der Waals surface area contributed by atoms with Gasteiger partial charge in [0.1, 0.15) is 18.6 Å². The molecule has 1 aromatic rings. The van der Waals surface area contributed by atoms with Crippen molar-refractivity contribution < 1.29 is 24.3 Å². The molecule has 27 heavy (non-hydrogen) atoms. The minimum absolute atomic E-state index is 0.177. The highest BCUT2D eigenvalue weighted by molar-refractivity contribution is 6.10. The first kappa shape index (κ1) is 20.2. The average molecular weight is 376 g/mol. The molecule has 0 fully saturated rings. The predicted molar refractivity (Wildman–Crippen MR) is 99.4 cm³/mol. The van der Waals surface area contributed by atoms with Crippen molar-refractivity contribution in [1.29, 1.82) is 0 Å². The topological polar surface area (TPSA) is 128 Å². The molecule has 146 valence electrons. The van der Waals surface area contributed by atoms with Crippen LogP contribution in [0.1, 0.15) is 27.2 Å². The number of carbonyl (C=O) groups excluding carboxylic acids is 3. The zero-order chi connectivity index (χ0) is 20.1. The number of carboxylic acid groups (broad SMARTS) is 1. The Labute approximate surface area is 157 Å². The third kappa shape index (κ3) is 4.75. The molecule has 4 amide bonds. The molecule has 9 heteroatoms. The van der Waals surface area contributed by atoms with E-state index in [1.165, 1.54) is 11.8 Å². The summed E-state index contributed by atoms with van der Waals surface area (Å²) in [5.41, 5.74) is 1.03. The second-order valence-electron chi connectivity index (χ2n) is 6.53. The van der Waals surface area contributed by atoms with Crippen molar-refractivity contribution in [3.05, 3.63) is 24.3 Å². The number of carboxylic acids is 1. The van der Waals surface area contributed by atoms with Gasteiger partial charge in [-0.25, -0.2) is 4.79 Å². The number of hydrogen-bond donors (Lipinski definition) is 4. The largest absolute Gasteiger partial charge is 0.480 e. The number of rotatable bonds is 6. The third-order valence-electron chi connectivity index (χ3n) is 4.52. The second kappa shape index (κ2) is 8.52. The van der Waals surface area contributed by atoms with Gasteiger partial charge in [-0.05, 0) is 25.0 Å². The molecule has 0 bridgehead atoms. The SMILES string of the molecule is CCC(C)[C@H](NC(=O)N1CC(=O)Nc2ccccc21)C(=O)N[C@@H](C)C(=O)O. The Balaban J connectivity index is 2.20. The third-order valence-corrected chi connectivity index (χ3v) is 4.52. The summed E-state index contributed by atoms with van der Waals surface area (Å²) in [6.45, 7) is 4.82. The van der Waals surface area contributed by atoms with Crippen molar-refractivity contribution in [1.82, 2.24) is 10.6 Å². The number of amides is 4. The van der Waals surface area contributed by atoms with Crippen molar-refractivity contribution in [2.45, 2.75) is 39.3 Å². The Morgan fingerprint density at radius 1 is 1.22 bits per heavy atom. The standard InChI is InChI=1S/C18H24N4O5/c1-4-10(2)15(16(24)19-11(3)17(25)26)21-18(27)22-9-14(23)20-12-7-5-6-8-13(12)22/h5-8,10-11,15H,4,9H2,1-3H3,(H,19,24)(H,20,23)(H,21,27)(H,25,26)/t10?,11-,15-/m0/s1. The number of aliphatic carboxylic acids is 1. The number of benzene rings is 1. The molecule has 1 aromatic carbocycles. The van der Waals surface area contributed by atoms with E-state index in [0.717, 1.165) is 0 Å². The maximum atomic E-state index is 12.8. The van der Waals surface area contributed by atoms with Gasteiger partial charge in [0.25, 0.3) is 0 Å². The van der Waals surface area contributed by atoms with Crippen LogP contribution in [0.15, 0.2) is 24.3 Å². The van der Waals surface area contributed by atoms with Crippen molar-refractivity contribution in [2.24, 2.45) is 5.92 Å². The zero-order valence-corrected chi connectivity index (χ0v) is 15.5. The summed E-state index contributed by atoms with van der Waals surface area (Å²) in [5, 5.41) is 16.7. The number of hydrogen-bond acceptors (Lipinski definition) is 4. The first-order chi connectivity index (χ1) is 12.7. The minimum atomic E-state index is -1.17. The lowest BCUT2D eigenvalue weighted by molar-refractivity contribution is -0.141. The molecule has 1 unspecified atom stereocenters. The van der Waals surface area contributed by atoms with Crippen LogP contribution in [0.4, 0.5) is 16.2 Å². The first-order valence-corrected chi connectivity index (χ1v) is 8.74. The van der Waals surface area contributed by atoms with Gasteiger partial charge < -0.3 is 21.1 Å². The molecule has 3 atom stereocenters.